The third kappa shape index (κ3) is 3.09. The summed E-state index contributed by atoms with van der Waals surface area (Å²) in [5, 5.41) is 11.5. The summed E-state index contributed by atoms with van der Waals surface area (Å²) in [4.78, 5) is 25.9. The molecule has 1 aromatic carbocycles. The molecule has 1 aliphatic heterocycles. The van der Waals surface area contributed by atoms with Crippen LogP contribution in [-0.4, -0.2) is 52.7 Å². The average Bonchev–Trinajstić information content (AvgIpc) is 2.88. The van der Waals surface area contributed by atoms with Crippen molar-refractivity contribution in [3.63, 3.8) is 0 Å². The fourth-order valence-electron chi connectivity index (χ4n) is 3.11. The van der Waals surface area contributed by atoms with Gasteiger partial charge in [-0.05, 0) is 12.1 Å². The predicted octanol–water partition coefficient (Wildman–Crippen LogP) is 0.663. The van der Waals surface area contributed by atoms with Gasteiger partial charge in [-0.1, -0.05) is 17.7 Å². The van der Waals surface area contributed by atoms with Gasteiger partial charge in [0.05, 0.1) is 28.7 Å². The lowest BCUT2D eigenvalue weighted by Crippen LogP contribution is -2.56. The molecule has 8 heteroatoms. The Balaban J connectivity index is 1.91. The molecule has 2 aromatic rings. The van der Waals surface area contributed by atoms with Crippen molar-refractivity contribution in [2.24, 2.45) is 7.05 Å². The number of halogens is 1. The second-order valence-corrected chi connectivity index (χ2v) is 6.27. The molecule has 0 aliphatic carbocycles. The molecule has 1 fully saturated rings. The first-order valence-corrected chi connectivity index (χ1v) is 8.21. The molecule has 1 saturated heterocycles. The number of piperazine rings is 1. The van der Waals surface area contributed by atoms with Crippen molar-refractivity contribution in [2.45, 2.75) is 19.0 Å². The van der Waals surface area contributed by atoms with Crippen LogP contribution in [0.15, 0.2) is 18.2 Å². The summed E-state index contributed by atoms with van der Waals surface area (Å²) in [5.74, 6) is -0.290. The zero-order chi connectivity index (χ0) is 17.3. The van der Waals surface area contributed by atoms with Gasteiger partial charge in [0.25, 0.3) is 0 Å². The molecule has 3 rings (SSSR count). The Morgan fingerprint density at radius 3 is 3.04 bits per heavy atom. The minimum Gasteiger partial charge on any atom is -0.359 e. The summed E-state index contributed by atoms with van der Waals surface area (Å²) in [6.45, 7) is 1.69. The zero-order valence-electron chi connectivity index (χ0n) is 13.7. The number of hydrogen-bond donors (Lipinski definition) is 2. The van der Waals surface area contributed by atoms with Crippen molar-refractivity contribution in [2.75, 3.05) is 20.1 Å². The van der Waals surface area contributed by atoms with E-state index in [1.807, 2.05) is 30.1 Å². The lowest BCUT2D eigenvalue weighted by atomic mass is 10.1. The number of hydrogen-bond acceptors (Lipinski definition) is 4. The minimum atomic E-state index is -0.502. The van der Waals surface area contributed by atoms with Gasteiger partial charge in [0, 0.05) is 39.1 Å². The molecular formula is C16H20ClN5O2. The van der Waals surface area contributed by atoms with Crippen molar-refractivity contribution in [3.05, 3.63) is 28.9 Å². The van der Waals surface area contributed by atoms with Gasteiger partial charge in [0.2, 0.25) is 11.8 Å². The maximum atomic E-state index is 12.2. The van der Waals surface area contributed by atoms with Gasteiger partial charge in [0.15, 0.2) is 0 Å². The summed E-state index contributed by atoms with van der Waals surface area (Å²) >= 11 is 6.35. The molecule has 24 heavy (non-hydrogen) atoms. The third-order valence-electron chi connectivity index (χ3n) is 4.35. The SMILES string of the molecule is CNC(=O)C[C@@H]1C(=O)NCCN1Cc1nn(C)c2cccc(Cl)c12. The molecule has 2 amide bonds. The normalized spacial score (nSPS) is 18.6. The highest BCUT2D eigenvalue weighted by Gasteiger charge is 2.32. The maximum absolute atomic E-state index is 12.2. The van der Waals surface area contributed by atoms with E-state index < -0.39 is 6.04 Å². The van der Waals surface area contributed by atoms with Gasteiger partial charge in [0.1, 0.15) is 0 Å². The number of nitrogens with one attached hydrogen (secondary N) is 2. The average molecular weight is 350 g/mol. The van der Waals surface area contributed by atoms with Crippen LogP contribution in [-0.2, 0) is 23.2 Å². The van der Waals surface area contributed by atoms with Crippen LogP contribution >= 0.6 is 11.6 Å². The molecule has 0 unspecified atom stereocenters. The number of aryl methyl sites for hydroxylation is 1. The van der Waals surface area contributed by atoms with Gasteiger partial charge in [-0.3, -0.25) is 19.2 Å². The van der Waals surface area contributed by atoms with Gasteiger partial charge in [-0.2, -0.15) is 5.10 Å². The fraction of sp³-hybridized carbons (Fsp3) is 0.438. The first-order valence-electron chi connectivity index (χ1n) is 7.83. The Bertz CT molecular complexity index is 788. The minimum absolute atomic E-state index is 0.126. The number of benzene rings is 1. The van der Waals surface area contributed by atoms with Crippen LogP contribution < -0.4 is 10.6 Å². The van der Waals surface area contributed by atoms with Crippen LogP contribution in [0.5, 0.6) is 0 Å². The Labute approximate surface area is 144 Å². The van der Waals surface area contributed by atoms with Crippen LogP contribution in [0.1, 0.15) is 12.1 Å². The Morgan fingerprint density at radius 1 is 1.50 bits per heavy atom. The van der Waals surface area contributed by atoms with Gasteiger partial charge >= 0.3 is 0 Å². The molecule has 2 heterocycles. The number of fused-ring (bicyclic) bond motifs is 1. The highest BCUT2D eigenvalue weighted by Crippen LogP contribution is 2.28. The van der Waals surface area contributed by atoms with Crippen LogP contribution in [0, 0.1) is 0 Å². The van der Waals surface area contributed by atoms with E-state index in [1.54, 1.807) is 11.7 Å². The highest BCUT2D eigenvalue weighted by atomic mass is 35.5. The van der Waals surface area contributed by atoms with Crippen molar-refractivity contribution in [1.82, 2.24) is 25.3 Å². The fourth-order valence-corrected chi connectivity index (χ4v) is 3.39. The molecule has 0 radical (unpaired) electrons. The van der Waals surface area contributed by atoms with Crippen LogP contribution in [0.2, 0.25) is 5.02 Å². The van der Waals surface area contributed by atoms with E-state index in [4.69, 9.17) is 11.6 Å². The Hall–Kier alpha value is -2.12. The summed E-state index contributed by atoms with van der Waals surface area (Å²) in [6, 6.07) is 5.18. The topological polar surface area (TPSA) is 79.3 Å². The monoisotopic (exact) mass is 349 g/mol. The molecule has 0 spiro atoms. The number of rotatable bonds is 4. The summed E-state index contributed by atoms with van der Waals surface area (Å²) in [5.41, 5.74) is 1.76. The van der Waals surface area contributed by atoms with Gasteiger partial charge in [-0.25, -0.2) is 0 Å². The number of carbonyl (C=O) groups is 2. The zero-order valence-corrected chi connectivity index (χ0v) is 14.4. The molecule has 0 bridgehead atoms. The van der Waals surface area contributed by atoms with Crippen LogP contribution in [0.4, 0.5) is 0 Å². The quantitative estimate of drug-likeness (QED) is 0.850. The Kier molecular flexibility index (Phi) is 4.73. The number of aromatic nitrogens is 2. The molecule has 7 nitrogen and oxygen atoms in total. The second kappa shape index (κ2) is 6.78. The second-order valence-electron chi connectivity index (χ2n) is 5.86. The molecule has 0 saturated carbocycles. The van der Waals surface area contributed by atoms with E-state index in [9.17, 15) is 9.59 Å². The van der Waals surface area contributed by atoms with Crippen molar-refractivity contribution >= 4 is 34.3 Å². The standard InChI is InChI=1S/C16H20ClN5O2/c1-18-14(23)8-13-16(24)19-6-7-22(13)9-11-15-10(17)4-3-5-12(15)21(2)20-11/h3-5,13H,6-9H2,1-2H3,(H,18,23)(H,19,24)/t13-/m1/s1. The van der Waals surface area contributed by atoms with E-state index in [1.165, 1.54) is 0 Å². The lowest BCUT2D eigenvalue weighted by Gasteiger charge is -2.34. The predicted molar refractivity (Wildman–Crippen MR) is 91.6 cm³/mol. The number of amides is 2. The summed E-state index contributed by atoms with van der Waals surface area (Å²) in [7, 11) is 3.44. The first kappa shape index (κ1) is 16.7. The molecule has 1 aliphatic rings. The molecule has 128 valence electrons. The third-order valence-corrected chi connectivity index (χ3v) is 4.67. The molecule has 1 aromatic heterocycles. The van der Waals surface area contributed by atoms with Crippen molar-refractivity contribution in [3.8, 4) is 0 Å². The van der Waals surface area contributed by atoms with E-state index in [2.05, 4.69) is 15.7 Å². The first-order chi connectivity index (χ1) is 11.5. The number of nitrogens with zero attached hydrogens (tertiary/aromatic N) is 3. The van der Waals surface area contributed by atoms with Gasteiger partial charge in [-0.15, -0.1) is 0 Å². The molecule has 2 N–H and O–H groups in total. The largest absolute Gasteiger partial charge is 0.359 e. The number of carbonyl (C=O) groups excluding carboxylic acids is 2. The van der Waals surface area contributed by atoms with E-state index in [0.717, 1.165) is 16.6 Å². The van der Waals surface area contributed by atoms with E-state index in [0.29, 0.717) is 24.7 Å². The highest BCUT2D eigenvalue weighted by molar-refractivity contribution is 6.35. The Morgan fingerprint density at radius 2 is 2.29 bits per heavy atom. The van der Waals surface area contributed by atoms with Crippen molar-refractivity contribution < 1.29 is 9.59 Å². The smallest absolute Gasteiger partial charge is 0.237 e. The van der Waals surface area contributed by atoms with Crippen LogP contribution in [0.25, 0.3) is 10.9 Å². The van der Waals surface area contributed by atoms with E-state index in [-0.39, 0.29) is 18.2 Å². The summed E-state index contributed by atoms with van der Waals surface area (Å²) in [6.07, 6.45) is 0.126. The molecule has 1 atom stereocenters. The summed E-state index contributed by atoms with van der Waals surface area (Å²) < 4.78 is 1.79. The van der Waals surface area contributed by atoms with Crippen LogP contribution in [0.3, 0.4) is 0 Å². The maximum Gasteiger partial charge on any atom is 0.237 e. The lowest BCUT2D eigenvalue weighted by molar-refractivity contribution is -0.134. The van der Waals surface area contributed by atoms with E-state index >= 15 is 0 Å². The van der Waals surface area contributed by atoms with Crippen molar-refractivity contribution in [1.29, 1.82) is 0 Å². The van der Waals surface area contributed by atoms with Gasteiger partial charge < -0.3 is 10.6 Å². The molecular weight excluding hydrogens is 330 g/mol.